The van der Waals surface area contributed by atoms with Crippen molar-refractivity contribution in [2.24, 2.45) is 0 Å². The van der Waals surface area contributed by atoms with Crippen molar-refractivity contribution >= 4 is 38.4 Å². The Labute approximate surface area is 137 Å². The second kappa shape index (κ2) is 6.18. The Balaban J connectivity index is 2.06. The summed E-state index contributed by atoms with van der Waals surface area (Å²) in [4.78, 5) is 4.22. The van der Waals surface area contributed by atoms with Crippen LogP contribution in [0.25, 0.3) is 10.9 Å². The van der Waals surface area contributed by atoms with Gasteiger partial charge in [0.15, 0.2) is 0 Å². The molecule has 0 atom stereocenters. The number of fused-ring (bicyclic) bond motifs is 1. The average molecular weight is 365 g/mol. The predicted octanol–water partition coefficient (Wildman–Crippen LogP) is 4.22. The lowest BCUT2D eigenvalue weighted by Gasteiger charge is -2.06. The van der Waals surface area contributed by atoms with Crippen molar-refractivity contribution in [2.75, 3.05) is 7.05 Å². The maximum Gasteiger partial charge on any atom is 0.0501 e. The molecule has 0 fully saturated rings. The molecule has 1 aromatic carbocycles. The summed E-state index contributed by atoms with van der Waals surface area (Å²) in [7, 11) is 1.96. The maximum absolute atomic E-state index is 6.16. The number of nitrogens with zero attached hydrogens (tertiary/aromatic N) is 2. The zero-order valence-corrected chi connectivity index (χ0v) is 13.9. The molecule has 0 amide bonds. The molecule has 3 aromatic rings. The van der Waals surface area contributed by atoms with Crippen LogP contribution in [0, 0.1) is 0 Å². The van der Waals surface area contributed by atoms with Gasteiger partial charge in [-0.25, -0.2) is 0 Å². The third-order valence-corrected chi connectivity index (χ3v) is 4.08. The first-order valence-electron chi connectivity index (χ1n) is 6.68. The second-order valence-corrected chi connectivity index (χ2v) is 6.34. The molecule has 3 rings (SSSR count). The Morgan fingerprint density at radius 1 is 1.29 bits per heavy atom. The fourth-order valence-corrected chi connectivity index (χ4v) is 3.12. The van der Waals surface area contributed by atoms with E-state index in [9.17, 15) is 0 Å². The average Bonchev–Trinajstić information content (AvgIpc) is 2.77. The molecule has 0 spiro atoms. The van der Waals surface area contributed by atoms with Gasteiger partial charge in [-0.15, -0.1) is 0 Å². The minimum Gasteiger partial charge on any atom is -0.343 e. The summed E-state index contributed by atoms with van der Waals surface area (Å²) in [6.07, 6.45) is 5.86. The summed E-state index contributed by atoms with van der Waals surface area (Å²) in [5, 5.41) is 5.20. The molecule has 0 unspecified atom stereocenters. The van der Waals surface area contributed by atoms with E-state index in [0.29, 0.717) is 0 Å². The van der Waals surface area contributed by atoms with Crippen LogP contribution in [0.15, 0.2) is 47.3 Å². The van der Waals surface area contributed by atoms with Crippen LogP contribution in [0.1, 0.15) is 11.1 Å². The molecule has 5 heteroatoms. The van der Waals surface area contributed by atoms with Crippen molar-refractivity contribution in [3.05, 3.63) is 63.5 Å². The number of nitrogens with one attached hydrogen (secondary N) is 1. The lowest BCUT2D eigenvalue weighted by atomic mass is 10.2. The Morgan fingerprint density at radius 2 is 2.14 bits per heavy atom. The van der Waals surface area contributed by atoms with E-state index in [0.717, 1.165) is 33.7 Å². The van der Waals surface area contributed by atoms with E-state index >= 15 is 0 Å². The number of benzene rings is 1. The molecule has 0 aliphatic carbocycles. The quantitative estimate of drug-likeness (QED) is 0.751. The molecule has 3 nitrogen and oxygen atoms in total. The SMILES string of the molecule is CNCc1cn(Cc2cncc(Br)c2)c2cc(Cl)ccc12. The molecule has 0 bridgehead atoms. The number of hydrogen-bond acceptors (Lipinski definition) is 2. The number of rotatable bonds is 4. The fourth-order valence-electron chi connectivity index (χ4n) is 2.54. The molecule has 0 saturated carbocycles. The highest BCUT2D eigenvalue weighted by Gasteiger charge is 2.09. The van der Waals surface area contributed by atoms with Gasteiger partial charge in [-0.1, -0.05) is 17.7 Å². The van der Waals surface area contributed by atoms with Gasteiger partial charge in [-0.2, -0.15) is 0 Å². The number of halogens is 2. The Hall–Kier alpha value is -1.36. The first-order valence-corrected chi connectivity index (χ1v) is 7.86. The number of pyridine rings is 1. The third kappa shape index (κ3) is 3.12. The van der Waals surface area contributed by atoms with Crippen molar-refractivity contribution in [3.8, 4) is 0 Å². The van der Waals surface area contributed by atoms with E-state index in [-0.39, 0.29) is 0 Å². The number of hydrogen-bond donors (Lipinski definition) is 1. The first kappa shape index (κ1) is 14.6. The molecule has 21 heavy (non-hydrogen) atoms. The summed E-state index contributed by atoms with van der Waals surface area (Å²) in [6.45, 7) is 1.61. The van der Waals surface area contributed by atoms with Crippen LogP contribution in [-0.2, 0) is 13.1 Å². The van der Waals surface area contributed by atoms with Crippen molar-refractivity contribution < 1.29 is 0 Å². The topological polar surface area (TPSA) is 29.9 Å². The van der Waals surface area contributed by atoms with Gasteiger partial charge >= 0.3 is 0 Å². The van der Waals surface area contributed by atoms with Gasteiger partial charge in [0.2, 0.25) is 0 Å². The second-order valence-electron chi connectivity index (χ2n) is 4.99. The maximum atomic E-state index is 6.16. The lowest BCUT2D eigenvalue weighted by Crippen LogP contribution is -2.04. The third-order valence-electron chi connectivity index (χ3n) is 3.41. The van der Waals surface area contributed by atoms with Crippen molar-refractivity contribution in [3.63, 3.8) is 0 Å². The van der Waals surface area contributed by atoms with Gasteiger partial charge in [0.1, 0.15) is 0 Å². The standard InChI is InChI=1S/C16H15BrClN3/c1-19-7-12-10-21(9-11-4-13(17)8-20-6-11)16-5-14(18)2-3-15(12)16/h2-6,8,10,19H,7,9H2,1H3. The highest BCUT2D eigenvalue weighted by Crippen LogP contribution is 2.26. The smallest absolute Gasteiger partial charge is 0.0501 e. The lowest BCUT2D eigenvalue weighted by molar-refractivity contribution is 0.793. The van der Waals surface area contributed by atoms with Crippen LogP contribution < -0.4 is 5.32 Å². The Kier molecular flexibility index (Phi) is 4.29. The summed E-state index contributed by atoms with van der Waals surface area (Å²) in [5.41, 5.74) is 3.57. The normalized spacial score (nSPS) is 11.2. The highest BCUT2D eigenvalue weighted by atomic mass is 79.9. The van der Waals surface area contributed by atoms with Gasteiger partial charge in [-0.3, -0.25) is 4.98 Å². The monoisotopic (exact) mass is 363 g/mol. The van der Waals surface area contributed by atoms with E-state index in [4.69, 9.17) is 11.6 Å². The van der Waals surface area contributed by atoms with Crippen molar-refractivity contribution in [2.45, 2.75) is 13.1 Å². The predicted molar refractivity (Wildman–Crippen MR) is 90.8 cm³/mol. The molecular formula is C16H15BrClN3. The van der Waals surface area contributed by atoms with E-state index < -0.39 is 0 Å². The van der Waals surface area contributed by atoms with E-state index in [1.165, 1.54) is 10.9 Å². The van der Waals surface area contributed by atoms with Crippen LogP contribution in [0.3, 0.4) is 0 Å². The van der Waals surface area contributed by atoms with E-state index in [2.05, 4.69) is 49.1 Å². The van der Waals surface area contributed by atoms with Crippen LogP contribution >= 0.6 is 27.5 Å². The van der Waals surface area contributed by atoms with Crippen LogP contribution in [0.4, 0.5) is 0 Å². The molecule has 108 valence electrons. The highest BCUT2D eigenvalue weighted by molar-refractivity contribution is 9.10. The van der Waals surface area contributed by atoms with Gasteiger partial charge < -0.3 is 9.88 Å². The zero-order valence-electron chi connectivity index (χ0n) is 11.6. The molecule has 2 aromatic heterocycles. The van der Waals surface area contributed by atoms with Crippen LogP contribution in [0.2, 0.25) is 5.02 Å². The van der Waals surface area contributed by atoms with Crippen LogP contribution in [0.5, 0.6) is 0 Å². The number of aromatic nitrogens is 2. The molecule has 0 aliphatic heterocycles. The van der Waals surface area contributed by atoms with E-state index in [1.807, 2.05) is 25.4 Å². The fraction of sp³-hybridized carbons (Fsp3) is 0.188. The molecule has 2 heterocycles. The minimum absolute atomic E-state index is 0.755. The Morgan fingerprint density at radius 3 is 2.90 bits per heavy atom. The van der Waals surface area contributed by atoms with Crippen molar-refractivity contribution in [1.29, 1.82) is 0 Å². The van der Waals surface area contributed by atoms with Crippen molar-refractivity contribution in [1.82, 2.24) is 14.9 Å². The minimum atomic E-state index is 0.755. The van der Waals surface area contributed by atoms with Gasteiger partial charge in [0, 0.05) is 46.6 Å². The Bertz CT molecular complexity index is 782. The van der Waals surface area contributed by atoms with E-state index in [1.54, 1.807) is 6.20 Å². The van der Waals surface area contributed by atoms with Gasteiger partial charge in [0.25, 0.3) is 0 Å². The molecule has 0 saturated heterocycles. The summed E-state index contributed by atoms with van der Waals surface area (Å²) < 4.78 is 3.21. The van der Waals surface area contributed by atoms with Gasteiger partial charge in [-0.05, 0) is 52.3 Å². The largest absolute Gasteiger partial charge is 0.343 e. The zero-order chi connectivity index (χ0) is 14.8. The summed E-state index contributed by atoms with van der Waals surface area (Å²) in [6, 6.07) is 8.12. The summed E-state index contributed by atoms with van der Waals surface area (Å²) in [5.74, 6) is 0. The molecule has 0 radical (unpaired) electrons. The molecular weight excluding hydrogens is 350 g/mol. The van der Waals surface area contributed by atoms with Gasteiger partial charge in [0.05, 0.1) is 5.52 Å². The molecule has 1 N–H and O–H groups in total. The summed E-state index contributed by atoms with van der Waals surface area (Å²) >= 11 is 9.62. The molecule has 0 aliphatic rings. The van der Waals surface area contributed by atoms with Crippen LogP contribution in [-0.4, -0.2) is 16.6 Å². The first-order chi connectivity index (χ1) is 10.2.